The van der Waals surface area contributed by atoms with Crippen molar-refractivity contribution in [3.63, 3.8) is 0 Å². The van der Waals surface area contributed by atoms with E-state index in [0.717, 1.165) is 56.4 Å². The molecule has 1 heterocycles. The second kappa shape index (κ2) is 9.92. The van der Waals surface area contributed by atoms with E-state index in [2.05, 4.69) is 21.6 Å². The van der Waals surface area contributed by atoms with E-state index in [1.807, 2.05) is 18.2 Å². The van der Waals surface area contributed by atoms with Gasteiger partial charge in [0.25, 0.3) is 5.91 Å². The van der Waals surface area contributed by atoms with Crippen LogP contribution < -0.4 is 10.6 Å². The monoisotopic (exact) mass is 386 g/mol. The number of amides is 3. The minimum Gasteiger partial charge on any atom is -0.345 e. The summed E-state index contributed by atoms with van der Waals surface area (Å²) >= 11 is 0. The van der Waals surface area contributed by atoms with Crippen LogP contribution in [0, 0.1) is 0 Å². The van der Waals surface area contributed by atoms with Crippen molar-refractivity contribution in [1.29, 1.82) is 0 Å². The lowest BCUT2D eigenvalue weighted by Crippen LogP contribution is -2.50. The molecule has 1 saturated heterocycles. The quantitative estimate of drug-likeness (QED) is 0.818. The predicted octanol–water partition coefficient (Wildman–Crippen LogP) is 2.98. The van der Waals surface area contributed by atoms with E-state index in [1.165, 1.54) is 19.3 Å². The Kier molecular flexibility index (Phi) is 7.31. The van der Waals surface area contributed by atoms with E-state index in [4.69, 9.17) is 0 Å². The van der Waals surface area contributed by atoms with Crippen LogP contribution >= 0.6 is 0 Å². The number of nitrogens with one attached hydrogen (secondary N) is 2. The number of piperidine rings is 1. The topological polar surface area (TPSA) is 64.7 Å². The van der Waals surface area contributed by atoms with Gasteiger partial charge in [-0.05, 0) is 43.4 Å². The van der Waals surface area contributed by atoms with E-state index >= 15 is 0 Å². The molecule has 2 aliphatic rings. The highest BCUT2D eigenvalue weighted by atomic mass is 16.2. The average Bonchev–Trinajstić information content (AvgIpc) is 2.70. The largest absolute Gasteiger partial charge is 0.345 e. The number of hydrogen-bond acceptors (Lipinski definition) is 3. The number of urea groups is 1. The molecule has 0 aromatic heterocycles. The highest BCUT2D eigenvalue weighted by Gasteiger charge is 2.22. The Morgan fingerprint density at radius 1 is 1.00 bits per heavy atom. The first kappa shape index (κ1) is 20.6. The molecule has 6 nitrogen and oxygen atoms in total. The fraction of sp³-hybridized carbons (Fsp3) is 0.636. The van der Waals surface area contributed by atoms with Gasteiger partial charge in [0.05, 0.1) is 0 Å². The lowest BCUT2D eigenvalue weighted by atomic mass is 9.96. The molecule has 0 spiro atoms. The van der Waals surface area contributed by atoms with Gasteiger partial charge in [-0.3, -0.25) is 9.69 Å². The van der Waals surface area contributed by atoms with Gasteiger partial charge in [0.1, 0.15) is 0 Å². The summed E-state index contributed by atoms with van der Waals surface area (Å²) in [7, 11) is 3.55. The van der Waals surface area contributed by atoms with Crippen molar-refractivity contribution in [3.8, 4) is 0 Å². The fourth-order valence-corrected chi connectivity index (χ4v) is 4.21. The normalized spacial score (nSPS) is 19.2. The molecule has 2 fully saturated rings. The molecule has 3 rings (SSSR count). The van der Waals surface area contributed by atoms with Crippen molar-refractivity contribution in [2.24, 2.45) is 0 Å². The molecular formula is C22H34N4O2. The molecule has 1 aromatic rings. The molecule has 0 atom stereocenters. The highest BCUT2D eigenvalue weighted by molar-refractivity contribution is 5.94. The van der Waals surface area contributed by atoms with Crippen LogP contribution in [0.5, 0.6) is 0 Å². The average molecular weight is 387 g/mol. The van der Waals surface area contributed by atoms with Crippen LogP contribution in [0.25, 0.3) is 0 Å². The van der Waals surface area contributed by atoms with Gasteiger partial charge in [0.2, 0.25) is 0 Å². The van der Waals surface area contributed by atoms with Gasteiger partial charge in [0.15, 0.2) is 0 Å². The van der Waals surface area contributed by atoms with Crippen LogP contribution in [0.2, 0.25) is 0 Å². The van der Waals surface area contributed by atoms with Crippen LogP contribution in [0.3, 0.4) is 0 Å². The Morgan fingerprint density at radius 2 is 1.64 bits per heavy atom. The van der Waals surface area contributed by atoms with Crippen LogP contribution in [-0.4, -0.2) is 61.0 Å². The van der Waals surface area contributed by atoms with E-state index in [1.54, 1.807) is 19.0 Å². The number of carbonyl (C=O) groups is 2. The van der Waals surface area contributed by atoms with Crippen molar-refractivity contribution in [2.45, 2.75) is 63.6 Å². The Labute approximate surface area is 168 Å². The third-order valence-corrected chi connectivity index (χ3v) is 5.85. The van der Waals surface area contributed by atoms with Gasteiger partial charge in [-0.15, -0.1) is 0 Å². The summed E-state index contributed by atoms with van der Waals surface area (Å²) in [5, 5.41) is 6.30. The van der Waals surface area contributed by atoms with Crippen LogP contribution in [0.15, 0.2) is 24.3 Å². The Morgan fingerprint density at radius 3 is 2.29 bits per heavy atom. The van der Waals surface area contributed by atoms with Gasteiger partial charge >= 0.3 is 6.03 Å². The summed E-state index contributed by atoms with van der Waals surface area (Å²) in [6.45, 7) is 2.76. The van der Waals surface area contributed by atoms with Crippen molar-refractivity contribution in [1.82, 2.24) is 20.4 Å². The van der Waals surface area contributed by atoms with Crippen molar-refractivity contribution < 1.29 is 9.59 Å². The zero-order chi connectivity index (χ0) is 19.9. The number of benzene rings is 1. The molecule has 0 radical (unpaired) electrons. The Balaban J connectivity index is 1.42. The van der Waals surface area contributed by atoms with Crippen molar-refractivity contribution in [3.05, 3.63) is 35.4 Å². The van der Waals surface area contributed by atoms with Gasteiger partial charge in [-0.1, -0.05) is 31.4 Å². The third kappa shape index (κ3) is 5.96. The Bertz CT molecular complexity index is 662. The first-order valence-electron chi connectivity index (χ1n) is 10.6. The van der Waals surface area contributed by atoms with E-state index in [9.17, 15) is 9.59 Å². The molecule has 2 N–H and O–H groups in total. The van der Waals surface area contributed by atoms with E-state index in [0.29, 0.717) is 6.04 Å². The summed E-state index contributed by atoms with van der Waals surface area (Å²) in [5.74, 6) is 0.0359. The minimum atomic E-state index is 0.000231. The number of hydrogen-bond donors (Lipinski definition) is 2. The van der Waals surface area contributed by atoms with E-state index in [-0.39, 0.29) is 18.0 Å². The minimum absolute atomic E-state index is 0.000231. The maximum atomic E-state index is 12.2. The number of likely N-dealkylation sites (tertiary alicyclic amines) is 1. The molecule has 28 heavy (non-hydrogen) atoms. The predicted molar refractivity (Wildman–Crippen MR) is 111 cm³/mol. The summed E-state index contributed by atoms with van der Waals surface area (Å²) in [6.07, 6.45) is 7.91. The van der Waals surface area contributed by atoms with Crippen molar-refractivity contribution in [2.75, 3.05) is 27.2 Å². The number of carbonyl (C=O) groups excluding carboxylic acids is 2. The summed E-state index contributed by atoms with van der Waals surface area (Å²) in [5.41, 5.74) is 1.90. The smallest absolute Gasteiger partial charge is 0.315 e. The van der Waals surface area contributed by atoms with Crippen molar-refractivity contribution >= 4 is 11.9 Å². The maximum Gasteiger partial charge on any atom is 0.315 e. The molecule has 0 bridgehead atoms. The summed E-state index contributed by atoms with van der Waals surface area (Å²) in [4.78, 5) is 28.4. The molecule has 1 aliphatic heterocycles. The highest BCUT2D eigenvalue weighted by Crippen LogP contribution is 2.18. The lowest BCUT2D eigenvalue weighted by molar-refractivity contribution is 0.0827. The molecule has 1 saturated carbocycles. The first-order chi connectivity index (χ1) is 13.5. The van der Waals surface area contributed by atoms with Crippen LogP contribution in [-0.2, 0) is 6.54 Å². The Hall–Kier alpha value is -2.08. The standard InChI is InChI=1S/C22H34N4O2/c1-25(2)21(27)18-8-6-7-17(15-18)16-26-13-11-20(12-14-26)24-22(28)23-19-9-4-3-5-10-19/h6-8,15,19-20H,3-5,9-14,16H2,1-2H3,(H2,23,24,28). The third-order valence-electron chi connectivity index (χ3n) is 5.85. The molecule has 6 heteroatoms. The fourth-order valence-electron chi connectivity index (χ4n) is 4.21. The van der Waals surface area contributed by atoms with Gasteiger partial charge in [0, 0.05) is 51.4 Å². The summed E-state index contributed by atoms with van der Waals surface area (Å²) in [6, 6.07) is 8.49. The lowest BCUT2D eigenvalue weighted by Gasteiger charge is -2.33. The zero-order valence-corrected chi connectivity index (χ0v) is 17.2. The first-order valence-corrected chi connectivity index (χ1v) is 10.6. The van der Waals surface area contributed by atoms with Gasteiger partial charge in [-0.25, -0.2) is 4.79 Å². The van der Waals surface area contributed by atoms with Crippen LogP contribution in [0.1, 0.15) is 60.9 Å². The number of nitrogens with zero attached hydrogens (tertiary/aromatic N) is 2. The molecule has 154 valence electrons. The second-order valence-electron chi connectivity index (χ2n) is 8.40. The number of rotatable bonds is 5. The van der Waals surface area contributed by atoms with Gasteiger partial charge in [-0.2, -0.15) is 0 Å². The van der Waals surface area contributed by atoms with Crippen LogP contribution in [0.4, 0.5) is 4.79 Å². The molecule has 1 aliphatic carbocycles. The van der Waals surface area contributed by atoms with Gasteiger partial charge < -0.3 is 15.5 Å². The summed E-state index contributed by atoms with van der Waals surface area (Å²) < 4.78 is 0. The molecule has 3 amide bonds. The second-order valence-corrected chi connectivity index (χ2v) is 8.40. The molecular weight excluding hydrogens is 352 g/mol. The maximum absolute atomic E-state index is 12.2. The zero-order valence-electron chi connectivity index (χ0n) is 17.2. The molecule has 1 aromatic carbocycles. The van der Waals surface area contributed by atoms with E-state index < -0.39 is 0 Å². The molecule has 0 unspecified atom stereocenters. The SMILES string of the molecule is CN(C)C(=O)c1cccc(CN2CCC(NC(=O)NC3CCCCC3)CC2)c1.